The van der Waals surface area contributed by atoms with Gasteiger partial charge in [0.25, 0.3) is 0 Å². The predicted molar refractivity (Wildman–Crippen MR) is 60.8 cm³/mol. The maximum Gasteiger partial charge on any atom is 0.208 e. The lowest BCUT2D eigenvalue weighted by molar-refractivity contribution is 0.449. The van der Waals surface area contributed by atoms with Crippen LogP contribution in [0.15, 0.2) is 21.2 Å². The Hall–Kier alpha value is -1.13. The summed E-state index contributed by atoms with van der Waals surface area (Å²) in [7, 11) is 0. The zero-order chi connectivity index (χ0) is 10.7. The zero-order valence-corrected chi connectivity index (χ0v) is 9.73. The Morgan fingerprint density at radius 1 is 1.40 bits per heavy atom. The van der Waals surface area contributed by atoms with Gasteiger partial charge < -0.3 is 9.73 Å². The van der Waals surface area contributed by atoms with Crippen LogP contribution in [-0.2, 0) is 13.1 Å². The quantitative estimate of drug-likeness (QED) is 0.864. The number of nitrogens with one attached hydrogen (secondary N) is 1. The summed E-state index contributed by atoms with van der Waals surface area (Å²) in [6, 6.07) is 2.11. The molecule has 2 aromatic heterocycles. The summed E-state index contributed by atoms with van der Waals surface area (Å²) >= 11 is 1.71. The Balaban J connectivity index is 1.83. The van der Waals surface area contributed by atoms with E-state index in [0.29, 0.717) is 6.54 Å². The van der Waals surface area contributed by atoms with Crippen molar-refractivity contribution >= 4 is 11.3 Å². The minimum absolute atomic E-state index is 0.685. The number of hydrogen-bond acceptors (Lipinski definition) is 4. The highest BCUT2D eigenvalue weighted by Gasteiger charge is 2.04. The summed E-state index contributed by atoms with van der Waals surface area (Å²) in [5.74, 6) is 1.67. The Labute approximate surface area is 93.2 Å². The van der Waals surface area contributed by atoms with E-state index < -0.39 is 0 Å². The van der Waals surface area contributed by atoms with Crippen LogP contribution in [0.25, 0.3) is 0 Å². The summed E-state index contributed by atoms with van der Waals surface area (Å²) in [6.07, 6.45) is 0. The smallest absolute Gasteiger partial charge is 0.208 e. The summed E-state index contributed by atoms with van der Waals surface area (Å²) in [6.45, 7) is 5.44. The van der Waals surface area contributed by atoms with Gasteiger partial charge in [0, 0.05) is 6.54 Å². The number of nitrogens with zero attached hydrogens (tertiary/aromatic N) is 1. The topological polar surface area (TPSA) is 38.1 Å². The maximum absolute atomic E-state index is 5.46. The van der Waals surface area contributed by atoms with Crippen molar-refractivity contribution in [1.82, 2.24) is 10.3 Å². The van der Waals surface area contributed by atoms with Crippen LogP contribution in [0.2, 0.25) is 0 Å². The lowest BCUT2D eigenvalue weighted by atomic mass is 10.3. The molecule has 0 bridgehead atoms. The number of rotatable bonds is 4. The SMILES string of the molecule is Cc1nc(CNCc2ccsc2)oc1C. The van der Waals surface area contributed by atoms with Crippen LogP contribution in [0.5, 0.6) is 0 Å². The Bertz CT molecular complexity index is 400. The van der Waals surface area contributed by atoms with E-state index in [9.17, 15) is 0 Å². The predicted octanol–water partition coefficient (Wildman–Crippen LogP) is 2.64. The van der Waals surface area contributed by atoms with Crippen molar-refractivity contribution in [3.05, 3.63) is 39.7 Å². The third kappa shape index (κ3) is 2.67. The lowest BCUT2D eigenvalue weighted by Gasteiger charge is -1.98. The molecule has 0 aliphatic rings. The molecule has 80 valence electrons. The second-order valence-electron chi connectivity index (χ2n) is 3.48. The zero-order valence-electron chi connectivity index (χ0n) is 8.91. The fourth-order valence-corrected chi connectivity index (χ4v) is 1.99. The highest BCUT2D eigenvalue weighted by Crippen LogP contribution is 2.09. The van der Waals surface area contributed by atoms with Crippen LogP contribution in [0.4, 0.5) is 0 Å². The van der Waals surface area contributed by atoms with Crippen molar-refractivity contribution in [3.8, 4) is 0 Å². The average Bonchev–Trinajstić information content (AvgIpc) is 2.79. The molecular formula is C11H14N2OS. The molecule has 0 unspecified atom stereocenters. The summed E-state index contributed by atoms with van der Waals surface area (Å²) < 4.78 is 5.46. The summed E-state index contributed by atoms with van der Waals surface area (Å²) in [4.78, 5) is 4.30. The van der Waals surface area contributed by atoms with Gasteiger partial charge >= 0.3 is 0 Å². The fourth-order valence-electron chi connectivity index (χ4n) is 1.32. The minimum atomic E-state index is 0.685. The van der Waals surface area contributed by atoms with Crippen LogP contribution in [-0.4, -0.2) is 4.98 Å². The molecule has 2 aromatic rings. The second-order valence-corrected chi connectivity index (χ2v) is 4.26. The molecule has 0 radical (unpaired) electrons. The normalized spacial score (nSPS) is 10.8. The van der Waals surface area contributed by atoms with Crippen LogP contribution >= 0.6 is 11.3 Å². The number of hydrogen-bond donors (Lipinski definition) is 1. The van der Waals surface area contributed by atoms with E-state index in [1.54, 1.807) is 11.3 Å². The molecule has 0 spiro atoms. The Morgan fingerprint density at radius 2 is 2.27 bits per heavy atom. The third-order valence-corrected chi connectivity index (χ3v) is 2.99. The first-order chi connectivity index (χ1) is 7.25. The molecule has 0 saturated heterocycles. The molecule has 2 heterocycles. The molecule has 0 aliphatic heterocycles. The maximum atomic E-state index is 5.46. The van der Waals surface area contributed by atoms with Gasteiger partial charge in [0.15, 0.2) is 0 Å². The molecule has 0 amide bonds. The number of thiophene rings is 1. The minimum Gasteiger partial charge on any atom is -0.444 e. The van der Waals surface area contributed by atoms with E-state index in [1.165, 1.54) is 5.56 Å². The number of aryl methyl sites for hydroxylation is 2. The molecule has 3 nitrogen and oxygen atoms in total. The van der Waals surface area contributed by atoms with E-state index >= 15 is 0 Å². The van der Waals surface area contributed by atoms with Crippen molar-refractivity contribution < 1.29 is 4.42 Å². The summed E-state index contributed by atoms with van der Waals surface area (Å²) in [5.41, 5.74) is 2.28. The van der Waals surface area contributed by atoms with Gasteiger partial charge in [-0.05, 0) is 36.2 Å². The second kappa shape index (κ2) is 4.59. The van der Waals surface area contributed by atoms with Crippen molar-refractivity contribution in [2.45, 2.75) is 26.9 Å². The van der Waals surface area contributed by atoms with Gasteiger partial charge in [0.2, 0.25) is 5.89 Å². The average molecular weight is 222 g/mol. The van der Waals surface area contributed by atoms with Crippen LogP contribution in [0.3, 0.4) is 0 Å². The molecule has 1 N–H and O–H groups in total. The largest absolute Gasteiger partial charge is 0.444 e. The van der Waals surface area contributed by atoms with Gasteiger partial charge in [-0.2, -0.15) is 11.3 Å². The van der Waals surface area contributed by atoms with Gasteiger partial charge in [-0.1, -0.05) is 0 Å². The molecule has 0 aliphatic carbocycles. The Kier molecular flexibility index (Phi) is 3.18. The first-order valence-corrected chi connectivity index (χ1v) is 5.84. The lowest BCUT2D eigenvalue weighted by Crippen LogP contribution is -2.12. The van der Waals surface area contributed by atoms with Crippen molar-refractivity contribution in [1.29, 1.82) is 0 Å². The highest BCUT2D eigenvalue weighted by atomic mass is 32.1. The van der Waals surface area contributed by atoms with E-state index in [4.69, 9.17) is 4.42 Å². The van der Waals surface area contributed by atoms with E-state index in [-0.39, 0.29) is 0 Å². The van der Waals surface area contributed by atoms with Crippen LogP contribution < -0.4 is 5.32 Å². The molecule has 0 aromatic carbocycles. The standard InChI is InChI=1S/C11H14N2OS/c1-8-9(2)14-11(13-8)6-12-5-10-3-4-15-7-10/h3-4,7,12H,5-6H2,1-2H3. The van der Waals surface area contributed by atoms with E-state index in [2.05, 4.69) is 27.1 Å². The third-order valence-electron chi connectivity index (χ3n) is 2.26. The first-order valence-electron chi connectivity index (χ1n) is 4.90. The molecule has 2 rings (SSSR count). The fraction of sp³-hybridized carbons (Fsp3) is 0.364. The van der Waals surface area contributed by atoms with Crippen molar-refractivity contribution in [3.63, 3.8) is 0 Å². The van der Waals surface area contributed by atoms with Crippen molar-refractivity contribution in [2.75, 3.05) is 0 Å². The van der Waals surface area contributed by atoms with Gasteiger partial charge in [-0.3, -0.25) is 0 Å². The monoisotopic (exact) mass is 222 g/mol. The molecule has 0 fully saturated rings. The molecular weight excluding hydrogens is 208 g/mol. The molecule has 0 saturated carbocycles. The number of aromatic nitrogens is 1. The molecule has 0 atom stereocenters. The van der Waals surface area contributed by atoms with Gasteiger partial charge in [-0.25, -0.2) is 4.98 Å². The first kappa shape index (κ1) is 10.4. The Morgan fingerprint density at radius 3 is 2.87 bits per heavy atom. The molecule has 4 heteroatoms. The van der Waals surface area contributed by atoms with Gasteiger partial charge in [-0.15, -0.1) is 0 Å². The van der Waals surface area contributed by atoms with E-state index in [1.807, 2.05) is 13.8 Å². The highest BCUT2D eigenvalue weighted by molar-refractivity contribution is 7.07. The molecule has 15 heavy (non-hydrogen) atoms. The van der Waals surface area contributed by atoms with Gasteiger partial charge in [0.05, 0.1) is 12.2 Å². The summed E-state index contributed by atoms with van der Waals surface area (Å²) in [5, 5.41) is 7.51. The van der Waals surface area contributed by atoms with Crippen molar-refractivity contribution in [2.24, 2.45) is 0 Å². The van der Waals surface area contributed by atoms with Crippen LogP contribution in [0, 0.1) is 13.8 Å². The van der Waals surface area contributed by atoms with Gasteiger partial charge in [0.1, 0.15) is 5.76 Å². The van der Waals surface area contributed by atoms with Crippen LogP contribution in [0.1, 0.15) is 22.9 Å². The number of oxazole rings is 1. The van der Waals surface area contributed by atoms with E-state index in [0.717, 1.165) is 23.9 Å².